The molecule has 1 aromatic carbocycles. The molecule has 0 saturated carbocycles. The molecule has 6 heterocycles. The zero-order valence-corrected chi connectivity index (χ0v) is 20.5. The Labute approximate surface area is 220 Å². The number of hydrogen-bond acceptors (Lipinski definition) is 6. The highest BCUT2D eigenvalue weighted by atomic mass is 19.3. The molecule has 1 aliphatic rings. The van der Waals surface area contributed by atoms with Crippen molar-refractivity contribution in [1.82, 2.24) is 40.0 Å². The summed E-state index contributed by atoms with van der Waals surface area (Å²) in [4.78, 5) is 22.6. The van der Waals surface area contributed by atoms with E-state index in [1.807, 2.05) is 30.3 Å². The van der Waals surface area contributed by atoms with Crippen LogP contribution in [0.3, 0.4) is 0 Å². The van der Waals surface area contributed by atoms with Crippen LogP contribution in [0.15, 0.2) is 67.4 Å². The van der Waals surface area contributed by atoms with Crippen LogP contribution in [0.5, 0.6) is 0 Å². The quantitative estimate of drug-likeness (QED) is 0.303. The third-order valence-corrected chi connectivity index (χ3v) is 7.00. The number of rotatable bonds is 5. The van der Waals surface area contributed by atoms with Crippen LogP contribution >= 0.6 is 0 Å². The maximum atomic E-state index is 15.2. The maximum absolute atomic E-state index is 15.2. The fourth-order valence-electron chi connectivity index (χ4n) is 5.15. The van der Waals surface area contributed by atoms with Gasteiger partial charge in [-0.25, -0.2) is 23.1 Å². The molecular formula is C28H21F3N8. The first-order valence-corrected chi connectivity index (χ1v) is 12.4. The van der Waals surface area contributed by atoms with E-state index in [2.05, 4.69) is 35.1 Å². The van der Waals surface area contributed by atoms with Crippen molar-refractivity contribution in [2.24, 2.45) is 0 Å². The van der Waals surface area contributed by atoms with Gasteiger partial charge >= 0.3 is 0 Å². The standard InChI is InChI=1S/C28H21F3N8/c29-22-10-18(19-8-16(11-33-13-19)14-39-7-4-28(30,31)15-39)9-21-23(22)37-38-25(21)27-35-24-20(3-6-34-26(24)36-27)17-2-1-5-32-12-17/h1-3,5-6,8-13H,4,7,14-15H2,(H,37,38)(H,34,35,36). The maximum Gasteiger partial charge on any atom is 0.261 e. The lowest BCUT2D eigenvalue weighted by Gasteiger charge is -2.15. The fourth-order valence-corrected chi connectivity index (χ4v) is 5.15. The minimum atomic E-state index is -2.66. The molecule has 7 rings (SSSR count). The Balaban J connectivity index is 1.27. The van der Waals surface area contributed by atoms with E-state index in [-0.39, 0.29) is 18.5 Å². The number of fused-ring (bicyclic) bond motifs is 2. The van der Waals surface area contributed by atoms with Gasteiger partial charge in [-0.05, 0) is 41.5 Å². The van der Waals surface area contributed by atoms with E-state index in [1.165, 1.54) is 6.07 Å². The molecule has 1 saturated heterocycles. The van der Waals surface area contributed by atoms with Crippen molar-refractivity contribution in [2.75, 3.05) is 13.1 Å². The van der Waals surface area contributed by atoms with Crippen molar-refractivity contribution in [2.45, 2.75) is 18.9 Å². The third-order valence-electron chi connectivity index (χ3n) is 7.00. The summed E-state index contributed by atoms with van der Waals surface area (Å²) in [5.74, 6) is -2.70. The predicted molar refractivity (Wildman–Crippen MR) is 140 cm³/mol. The van der Waals surface area contributed by atoms with E-state index in [9.17, 15) is 8.78 Å². The number of hydrogen-bond donors (Lipinski definition) is 2. The van der Waals surface area contributed by atoms with Crippen LogP contribution in [-0.2, 0) is 6.54 Å². The number of aromatic nitrogens is 7. The second-order valence-electron chi connectivity index (χ2n) is 9.74. The number of imidazole rings is 1. The van der Waals surface area contributed by atoms with Gasteiger partial charge in [-0.3, -0.25) is 20.0 Å². The Bertz CT molecular complexity index is 1830. The molecule has 6 aromatic rings. The normalized spacial score (nSPS) is 15.5. The average molecular weight is 527 g/mol. The van der Waals surface area contributed by atoms with Crippen LogP contribution in [0.2, 0.25) is 0 Å². The Hall–Kier alpha value is -4.64. The number of aromatic amines is 2. The Morgan fingerprint density at radius 1 is 0.974 bits per heavy atom. The molecule has 1 fully saturated rings. The molecular weight excluding hydrogens is 505 g/mol. The SMILES string of the molecule is Fc1cc(-c2cncc(CN3CCC(F)(F)C3)c2)cc2c(-c3nc4nccc(-c5cccnc5)c4[nH]3)[nH]nc12. The number of nitrogens with zero attached hydrogens (tertiary/aromatic N) is 6. The van der Waals surface area contributed by atoms with E-state index in [4.69, 9.17) is 0 Å². The van der Waals surface area contributed by atoms with Crippen molar-refractivity contribution in [3.8, 4) is 33.8 Å². The van der Waals surface area contributed by atoms with Gasteiger partial charge in [-0.15, -0.1) is 0 Å². The van der Waals surface area contributed by atoms with E-state index in [0.29, 0.717) is 46.8 Å². The van der Waals surface area contributed by atoms with Crippen LogP contribution in [0.1, 0.15) is 12.0 Å². The lowest BCUT2D eigenvalue weighted by atomic mass is 10.0. The Kier molecular flexibility index (Phi) is 5.41. The molecule has 0 radical (unpaired) electrons. The number of halogens is 3. The van der Waals surface area contributed by atoms with Gasteiger partial charge in [0.2, 0.25) is 0 Å². The lowest BCUT2D eigenvalue weighted by molar-refractivity contribution is 0.0115. The number of alkyl halides is 2. The first-order valence-electron chi connectivity index (χ1n) is 12.4. The molecule has 0 unspecified atom stereocenters. The van der Waals surface area contributed by atoms with Gasteiger partial charge in [0, 0.05) is 72.6 Å². The smallest absolute Gasteiger partial charge is 0.261 e. The Morgan fingerprint density at radius 2 is 1.87 bits per heavy atom. The summed E-state index contributed by atoms with van der Waals surface area (Å²) >= 11 is 0. The van der Waals surface area contributed by atoms with Gasteiger partial charge in [0.15, 0.2) is 17.3 Å². The first kappa shape index (κ1) is 23.5. The number of nitrogens with one attached hydrogen (secondary N) is 2. The summed E-state index contributed by atoms with van der Waals surface area (Å²) in [5.41, 5.74) is 5.78. The first-order chi connectivity index (χ1) is 18.9. The molecule has 0 atom stereocenters. The minimum absolute atomic E-state index is 0.147. The van der Waals surface area contributed by atoms with Gasteiger partial charge in [-0.1, -0.05) is 6.07 Å². The summed E-state index contributed by atoms with van der Waals surface area (Å²) in [6.45, 7) is 0.402. The molecule has 2 N–H and O–H groups in total. The van der Waals surface area contributed by atoms with Gasteiger partial charge in [0.05, 0.1) is 12.1 Å². The van der Waals surface area contributed by atoms with Crippen LogP contribution < -0.4 is 0 Å². The predicted octanol–water partition coefficient (Wildman–Crippen LogP) is 5.61. The van der Waals surface area contributed by atoms with Crippen LogP contribution in [0.25, 0.3) is 55.8 Å². The fraction of sp³-hybridized carbons (Fsp3) is 0.179. The van der Waals surface area contributed by atoms with Crippen LogP contribution in [0.4, 0.5) is 13.2 Å². The number of pyridine rings is 3. The van der Waals surface area contributed by atoms with Crippen molar-refractivity contribution < 1.29 is 13.2 Å². The minimum Gasteiger partial charge on any atom is -0.335 e. The van der Waals surface area contributed by atoms with Crippen molar-refractivity contribution in [3.05, 3.63) is 78.8 Å². The van der Waals surface area contributed by atoms with Gasteiger partial charge < -0.3 is 4.98 Å². The molecule has 194 valence electrons. The second-order valence-corrected chi connectivity index (χ2v) is 9.74. The molecule has 8 nitrogen and oxygen atoms in total. The summed E-state index contributed by atoms with van der Waals surface area (Å²) in [6.07, 6.45) is 8.29. The van der Waals surface area contributed by atoms with E-state index >= 15 is 4.39 Å². The molecule has 0 amide bonds. The molecule has 0 bridgehead atoms. The van der Waals surface area contributed by atoms with Crippen molar-refractivity contribution in [1.29, 1.82) is 0 Å². The number of likely N-dealkylation sites (tertiary alicyclic amines) is 1. The van der Waals surface area contributed by atoms with Crippen LogP contribution in [-0.4, -0.2) is 59.0 Å². The Morgan fingerprint density at radius 3 is 2.69 bits per heavy atom. The third kappa shape index (κ3) is 4.30. The van der Waals surface area contributed by atoms with E-state index in [1.54, 1.807) is 35.9 Å². The zero-order chi connectivity index (χ0) is 26.6. The second kappa shape index (κ2) is 8.98. The molecule has 0 spiro atoms. The summed E-state index contributed by atoms with van der Waals surface area (Å²) in [5, 5.41) is 7.65. The van der Waals surface area contributed by atoms with E-state index in [0.717, 1.165) is 22.2 Å². The van der Waals surface area contributed by atoms with Crippen LogP contribution in [0, 0.1) is 5.82 Å². The molecule has 11 heteroatoms. The average Bonchev–Trinajstić information content (AvgIpc) is 3.65. The zero-order valence-electron chi connectivity index (χ0n) is 20.5. The highest BCUT2D eigenvalue weighted by Gasteiger charge is 2.37. The molecule has 1 aliphatic heterocycles. The van der Waals surface area contributed by atoms with Gasteiger partial charge in [0.25, 0.3) is 5.92 Å². The monoisotopic (exact) mass is 526 g/mol. The molecule has 5 aromatic heterocycles. The van der Waals surface area contributed by atoms with Gasteiger partial charge in [-0.2, -0.15) is 5.10 Å². The van der Waals surface area contributed by atoms with Gasteiger partial charge in [0.1, 0.15) is 11.2 Å². The number of H-pyrrole nitrogens is 2. The largest absolute Gasteiger partial charge is 0.335 e. The summed E-state index contributed by atoms with van der Waals surface area (Å²) in [7, 11) is 0. The van der Waals surface area contributed by atoms with Crippen molar-refractivity contribution in [3.63, 3.8) is 0 Å². The summed E-state index contributed by atoms with van der Waals surface area (Å²) in [6, 6.07) is 10.8. The highest BCUT2D eigenvalue weighted by molar-refractivity contribution is 5.97. The lowest BCUT2D eigenvalue weighted by Crippen LogP contribution is -2.24. The molecule has 39 heavy (non-hydrogen) atoms. The van der Waals surface area contributed by atoms with Crippen molar-refractivity contribution >= 4 is 22.1 Å². The highest BCUT2D eigenvalue weighted by Crippen LogP contribution is 2.34. The number of benzene rings is 1. The van der Waals surface area contributed by atoms with E-state index < -0.39 is 11.7 Å². The summed E-state index contributed by atoms with van der Waals surface area (Å²) < 4.78 is 42.5. The topological polar surface area (TPSA) is 99.3 Å². The molecule has 0 aliphatic carbocycles.